The average Bonchev–Trinajstić information content (AvgIpc) is 2.93. The number of nitrogens with zero attached hydrogens (tertiary/aromatic N) is 1. The van der Waals surface area contributed by atoms with Crippen LogP contribution in [0.25, 0.3) is 0 Å². The van der Waals surface area contributed by atoms with Crippen molar-refractivity contribution in [2.45, 2.75) is 36.1 Å². The molecular formula is C19H23ClN2O6S. The van der Waals surface area contributed by atoms with E-state index in [-0.39, 0.29) is 5.56 Å². The number of aliphatic carboxylic acids is 1. The summed E-state index contributed by atoms with van der Waals surface area (Å²) in [5.74, 6) is -1.30. The number of methoxy groups -OCH3 is 2. The Morgan fingerprint density at radius 2 is 1.83 bits per heavy atom. The molecule has 2 aliphatic rings. The van der Waals surface area contributed by atoms with Crippen LogP contribution in [0.15, 0.2) is 30.3 Å². The minimum atomic E-state index is -1.05. The minimum Gasteiger partial charge on any atom is -0.496 e. The molecule has 2 heterocycles. The number of halogens is 1. The molecule has 2 aliphatic heterocycles. The van der Waals surface area contributed by atoms with Gasteiger partial charge in [-0.2, -0.15) is 0 Å². The number of nitrogens with one attached hydrogen (secondary N) is 1. The molecule has 2 amide bonds. The zero-order chi connectivity index (χ0) is 21.9. The molecule has 0 saturated carbocycles. The lowest BCUT2D eigenvalue weighted by atomic mass is 9.96. The first-order valence-corrected chi connectivity index (χ1v) is 9.92. The lowest BCUT2D eigenvalue weighted by molar-refractivity contribution is -0.159. The molecule has 0 spiro atoms. The van der Waals surface area contributed by atoms with Gasteiger partial charge >= 0.3 is 5.97 Å². The molecule has 0 bridgehead atoms. The van der Waals surface area contributed by atoms with Crippen LogP contribution in [0.4, 0.5) is 0 Å². The van der Waals surface area contributed by atoms with Crippen molar-refractivity contribution in [1.29, 1.82) is 0 Å². The van der Waals surface area contributed by atoms with Crippen molar-refractivity contribution in [2.75, 3.05) is 14.2 Å². The van der Waals surface area contributed by atoms with Gasteiger partial charge in [0.2, 0.25) is 5.91 Å². The summed E-state index contributed by atoms with van der Waals surface area (Å²) >= 11 is 6.13. The van der Waals surface area contributed by atoms with Crippen molar-refractivity contribution >= 4 is 41.1 Å². The molecule has 3 atom stereocenters. The molecule has 2 fully saturated rings. The van der Waals surface area contributed by atoms with E-state index in [9.17, 15) is 19.5 Å². The molecule has 1 aromatic carbocycles. The monoisotopic (exact) mass is 442 g/mol. The number of amides is 2. The smallest absolute Gasteiger partial charge is 0.327 e. The summed E-state index contributed by atoms with van der Waals surface area (Å²) in [4.78, 5) is 38.1. The summed E-state index contributed by atoms with van der Waals surface area (Å²) in [5.41, 5.74) is 1.42. The van der Waals surface area contributed by atoms with Crippen molar-refractivity contribution in [1.82, 2.24) is 10.2 Å². The summed E-state index contributed by atoms with van der Waals surface area (Å²) in [7, 11) is 2.88. The highest BCUT2D eigenvalue weighted by Gasteiger charge is 2.64. The van der Waals surface area contributed by atoms with Crippen molar-refractivity contribution in [3.63, 3.8) is 0 Å². The summed E-state index contributed by atoms with van der Waals surface area (Å²) < 4.78 is 9.79. The number of carbonyl (C=O) groups is 3. The number of β-lactam (4-membered cyclic amide) rings is 1. The third kappa shape index (κ3) is 4.16. The van der Waals surface area contributed by atoms with Gasteiger partial charge in [0.25, 0.3) is 5.91 Å². The minimum absolute atomic E-state index is 0.195. The van der Waals surface area contributed by atoms with E-state index in [1.807, 2.05) is 0 Å². The van der Waals surface area contributed by atoms with Crippen molar-refractivity contribution < 1.29 is 29.0 Å². The number of hydrogen-bond acceptors (Lipinski definition) is 6. The number of carbonyl (C=O) groups excluding carboxylic acids is 2. The van der Waals surface area contributed by atoms with Crippen molar-refractivity contribution in [3.05, 3.63) is 35.9 Å². The molecule has 0 unspecified atom stereocenters. The molecule has 158 valence electrons. The van der Waals surface area contributed by atoms with Crippen LogP contribution in [0.5, 0.6) is 11.5 Å². The number of ether oxygens (including phenoxy) is 2. The normalized spacial score (nSPS) is 23.7. The number of carboxylic acids is 1. The standard InChI is InChI=1S/C17H20N2O6S.C2H3Cl/c1-17(2)12(16(22)23)19-14(21)11(15(19)26-17)18-13(20)10-8(24-3)6-5-7-9(10)25-4;1-2-3/h5-7,11-12,15H,1-4H3,(H,18,20)(H,22,23);2H,1H2/t11-,12+,15-;/m1./s1. The maximum Gasteiger partial charge on any atom is 0.327 e. The molecule has 0 aromatic heterocycles. The fourth-order valence-electron chi connectivity index (χ4n) is 3.43. The van der Waals surface area contributed by atoms with Gasteiger partial charge in [-0.05, 0) is 31.5 Å². The zero-order valence-electron chi connectivity index (χ0n) is 16.5. The Bertz CT molecular complexity index is 809. The van der Waals surface area contributed by atoms with Crippen LogP contribution < -0.4 is 14.8 Å². The first-order chi connectivity index (χ1) is 13.6. The van der Waals surface area contributed by atoms with Crippen LogP contribution in [0.1, 0.15) is 24.2 Å². The Hall–Kier alpha value is -2.39. The van der Waals surface area contributed by atoms with E-state index < -0.39 is 40.0 Å². The van der Waals surface area contributed by atoms with Gasteiger partial charge in [-0.25, -0.2) is 4.79 Å². The fraction of sp³-hybridized carbons (Fsp3) is 0.421. The van der Waals surface area contributed by atoms with E-state index in [1.54, 1.807) is 32.0 Å². The second-order valence-corrected chi connectivity index (χ2v) is 8.82. The SMILES string of the molecule is C=CCl.COc1cccc(OC)c1C(=O)N[C@@H]1C(=O)N2[C@@H]1SC(C)(C)[C@@H]2C(=O)O. The highest BCUT2D eigenvalue weighted by Crippen LogP contribution is 2.50. The first kappa shape index (κ1) is 22.9. The van der Waals surface area contributed by atoms with E-state index in [4.69, 9.17) is 21.1 Å². The van der Waals surface area contributed by atoms with Crippen LogP contribution in [-0.4, -0.2) is 64.2 Å². The number of hydrogen-bond donors (Lipinski definition) is 2. The van der Waals surface area contributed by atoms with Crippen molar-refractivity contribution in [3.8, 4) is 11.5 Å². The van der Waals surface area contributed by atoms with Crippen LogP contribution in [0.3, 0.4) is 0 Å². The largest absolute Gasteiger partial charge is 0.496 e. The number of rotatable bonds is 5. The predicted octanol–water partition coefficient (Wildman–Crippen LogP) is 2.32. The lowest BCUT2D eigenvalue weighted by Crippen LogP contribution is -2.70. The number of fused-ring (bicyclic) bond motifs is 1. The maximum atomic E-state index is 12.8. The quantitative estimate of drug-likeness (QED) is 0.674. The molecule has 8 nitrogen and oxygen atoms in total. The molecule has 3 rings (SSSR count). The number of thioether (sulfide) groups is 1. The van der Waals surface area contributed by atoms with Gasteiger partial charge in [0.1, 0.15) is 34.5 Å². The van der Waals surface area contributed by atoms with Crippen LogP contribution in [-0.2, 0) is 9.59 Å². The van der Waals surface area contributed by atoms with Gasteiger partial charge in [0.05, 0.1) is 14.2 Å². The molecule has 29 heavy (non-hydrogen) atoms. The molecule has 10 heteroatoms. The lowest BCUT2D eigenvalue weighted by Gasteiger charge is -2.43. The van der Waals surface area contributed by atoms with Gasteiger partial charge in [-0.15, -0.1) is 11.8 Å². The van der Waals surface area contributed by atoms with E-state index >= 15 is 0 Å². The zero-order valence-corrected chi connectivity index (χ0v) is 18.0. The summed E-state index contributed by atoms with van der Waals surface area (Å²) in [6, 6.07) is 3.24. The molecular weight excluding hydrogens is 420 g/mol. The molecule has 0 radical (unpaired) electrons. The molecule has 2 N–H and O–H groups in total. The van der Waals surface area contributed by atoms with Gasteiger partial charge in [0.15, 0.2) is 0 Å². The highest BCUT2D eigenvalue weighted by atomic mass is 35.5. The Morgan fingerprint density at radius 3 is 2.28 bits per heavy atom. The highest BCUT2D eigenvalue weighted by molar-refractivity contribution is 8.01. The third-order valence-corrected chi connectivity index (χ3v) is 6.19. The number of benzene rings is 1. The molecule has 2 saturated heterocycles. The Morgan fingerprint density at radius 1 is 1.31 bits per heavy atom. The van der Waals surface area contributed by atoms with E-state index in [2.05, 4.69) is 11.9 Å². The van der Waals surface area contributed by atoms with Crippen LogP contribution >= 0.6 is 23.4 Å². The Balaban J connectivity index is 0.000000941. The van der Waals surface area contributed by atoms with E-state index in [1.165, 1.54) is 36.4 Å². The van der Waals surface area contributed by atoms with Gasteiger partial charge in [-0.3, -0.25) is 9.59 Å². The predicted molar refractivity (Wildman–Crippen MR) is 111 cm³/mol. The summed E-state index contributed by atoms with van der Waals surface area (Å²) in [6.07, 6.45) is 0. The molecule has 0 aliphatic carbocycles. The Labute approximate surface area is 178 Å². The van der Waals surface area contributed by atoms with E-state index in [0.717, 1.165) is 0 Å². The second-order valence-electron chi connectivity index (χ2n) is 6.74. The average molecular weight is 443 g/mol. The number of carboxylic acid groups (broad SMARTS) is 1. The topological polar surface area (TPSA) is 105 Å². The molecule has 1 aromatic rings. The van der Waals surface area contributed by atoms with Crippen LogP contribution in [0.2, 0.25) is 0 Å². The maximum absolute atomic E-state index is 12.8. The summed E-state index contributed by atoms with van der Waals surface area (Å²) in [5, 5.41) is 11.7. The third-order valence-electron chi connectivity index (χ3n) is 4.62. The van der Waals surface area contributed by atoms with Gasteiger partial charge in [-0.1, -0.05) is 24.2 Å². The van der Waals surface area contributed by atoms with E-state index in [0.29, 0.717) is 11.5 Å². The fourth-order valence-corrected chi connectivity index (χ4v) is 5.06. The first-order valence-electron chi connectivity index (χ1n) is 8.60. The van der Waals surface area contributed by atoms with Crippen LogP contribution in [0, 0.1) is 0 Å². The summed E-state index contributed by atoms with van der Waals surface area (Å²) in [6.45, 7) is 6.69. The second kappa shape index (κ2) is 8.96. The van der Waals surface area contributed by atoms with Gasteiger partial charge < -0.3 is 24.8 Å². The van der Waals surface area contributed by atoms with Crippen molar-refractivity contribution in [2.24, 2.45) is 0 Å². The van der Waals surface area contributed by atoms with Gasteiger partial charge in [0, 0.05) is 4.75 Å². The Kier molecular flexibility index (Phi) is 7.07.